The van der Waals surface area contributed by atoms with E-state index >= 15 is 0 Å². The molecule has 1 unspecified atom stereocenters. The van der Waals surface area contributed by atoms with Crippen LogP contribution in [0.1, 0.15) is 46.6 Å². The first kappa shape index (κ1) is 21.9. The maximum absolute atomic E-state index is 12.7. The number of aliphatic hydroxyl groups is 1. The van der Waals surface area contributed by atoms with E-state index in [2.05, 4.69) is 20.3 Å². The van der Waals surface area contributed by atoms with E-state index < -0.39 is 29.2 Å². The highest BCUT2D eigenvalue weighted by Crippen LogP contribution is 2.30. The summed E-state index contributed by atoms with van der Waals surface area (Å²) in [5.74, 6) is -0.461. The molecule has 0 radical (unpaired) electrons. The van der Waals surface area contributed by atoms with Gasteiger partial charge in [0.05, 0.1) is 35.3 Å². The van der Waals surface area contributed by atoms with Crippen LogP contribution in [0.5, 0.6) is 0 Å². The van der Waals surface area contributed by atoms with Crippen LogP contribution < -0.4 is 11.1 Å². The molecule has 3 aromatic heterocycles. The predicted octanol–water partition coefficient (Wildman–Crippen LogP) is 3.25. The van der Waals surface area contributed by atoms with Crippen LogP contribution >= 0.6 is 11.3 Å². The number of aromatic amines is 1. The third kappa shape index (κ3) is 4.86. The van der Waals surface area contributed by atoms with E-state index in [1.807, 2.05) is 0 Å². The molecular formula is C19H20F3N5O2S. The van der Waals surface area contributed by atoms with Gasteiger partial charge in [-0.25, -0.2) is 4.98 Å². The third-order valence-corrected chi connectivity index (χ3v) is 5.25. The maximum atomic E-state index is 12.7. The van der Waals surface area contributed by atoms with Crippen molar-refractivity contribution in [3.63, 3.8) is 0 Å². The summed E-state index contributed by atoms with van der Waals surface area (Å²) in [7, 11) is 0. The SMILES string of the molecule is CC(C)(N)C(NC(=O)c1ccc(-c2ccc(C(F)(F)F)cn2)[nH]1)c1nc(CO)cs1. The largest absolute Gasteiger partial charge is 0.417 e. The Hall–Kier alpha value is -2.76. The molecule has 0 fully saturated rings. The topological polar surface area (TPSA) is 117 Å². The Kier molecular flexibility index (Phi) is 5.97. The fraction of sp³-hybridized carbons (Fsp3) is 0.316. The van der Waals surface area contributed by atoms with E-state index in [1.165, 1.54) is 23.5 Å². The Morgan fingerprint density at radius 1 is 1.30 bits per heavy atom. The minimum absolute atomic E-state index is 0.194. The standard InChI is InChI=1S/C19H20F3N5O2S/c1-18(2,23)15(17-25-11(8-28)9-30-17)27-16(29)14-6-5-13(26-14)12-4-3-10(7-24-12)19(20,21)22/h3-7,9,15,26,28H,8,23H2,1-2H3,(H,27,29). The van der Waals surface area contributed by atoms with E-state index in [4.69, 9.17) is 5.73 Å². The van der Waals surface area contributed by atoms with Crippen molar-refractivity contribution in [2.45, 2.75) is 38.2 Å². The summed E-state index contributed by atoms with van der Waals surface area (Å²) in [5.41, 5.74) is 5.86. The quantitative estimate of drug-likeness (QED) is 0.470. The van der Waals surface area contributed by atoms with Crippen LogP contribution in [0.15, 0.2) is 35.8 Å². The van der Waals surface area contributed by atoms with Crippen LogP contribution in [-0.4, -0.2) is 31.5 Å². The molecule has 0 aliphatic heterocycles. The second-order valence-electron chi connectivity index (χ2n) is 7.28. The van der Waals surface area contributed by atoms with E-state index in [-0.39, 0.29) is 18.0 Å². The molecule has 0 spiro atoms. The molecule has 7 nitrogen and oxygen atoms in total. The van der Waals surface area contributed by atoms with Crippen LogP contribution in [0, 0.1) is 0 Å². The second-order valence-corrected chi connectivity index (χ2v) is 8.17. The molecule has 0 aliphatic carbocycles. The van der Waals surface area contributed by atoms with E-state index in [0.717, 1.165) is 12.3 Å². The number of thiazole rings is 1. The van der Waals surface area contributed by atoms with Gasteiger partial charge in [-0.05, 0) is 38.1 Å². The number of pyridine rings is 1. The number of aliphatic hydroxyl groups excluding tert-OH is 1. The lowest BCUT2D eigenvalue weighted by Gasteiger charge is -2.29. The molecular weight excluding hydrogens is 419 g/mol. The van der Waals surface area contributed by atoms with Gasteiger partial charge in [-0.15, -0.1) is 11.3 Å². The highest BCUT2D eigenvalue weighted by Gasteiger charge is 2.32. The van der Waals surface area contributed by atoms with Gasteiger partial charge >= 0.3 is 6.18 Å². The maximum Gasteiger partial charge on any atom is 0.417 e. The lowest BCUT2D eigenvalue weighted by atomic mass is 9.96. The minimum atomic E-state index is -4.47. The first-order chi connectivity index (χ1) is 14.0. The van der Waals surface area contributed by atoms with Crippen molar-refractivity contribution in [3.8, 4) is 11.4 Å². The molecule has 5 N–H and O–H groups in total. The van der Waals surface area contributed by atoms with Crippen molar-refractivity contribution in [3.05, 3.63) is 57.8 Å². The summed E-state index contributed by atoms with van der Waals surface area (Å²) >= 11 is 1.27. The van der Waals surface area contributed by atoms with Gasteiger partial charge in [-0.2, -0.15) is 13.2 Å². The number of carbonyl (C=O) groups excluding carboxylic acids is 1. The highest BCUT2D eigenvalue weighted by molar-refractivity contribution is 7.09. The van der Waals surface area contributed by atoms with E-state index in [1.54, 1.807) is 25.3 Å². The van der Waals surface area contributed by atoms with Gasteiger partial charge in [0.1, 0.15) is 10.7 Å². The number of halogens is 3. The normalized spacial score (nSPS) is 13.3. The molecule has 3 rings (SSSR count). The first-order valence-corrected chi connectivity index (χ1v) is 9.74. The van der Waals surface area contributed by atoms with Crippen molar-refractivity contribution >= 4 is 17.2 Å². The number of H-pyrrole nitrogens is 1. The Morgan fingerprint density at radius 3 is 2.57 bits per heavy atom. The molecule has 0 saturated carbocycles. The third-order valence-electron chi connectivity index (χ3n) is 4.30. The molecule has 1 atom stereocenters. The van der Waals surface area contributed by atoms with Crippen LogP contribution in [0.3, 0.4) is 0 Å². The summed E-state index contributed by atoms with van der Waals surface area (Å²) in [6.07, 6.45) is -3.73. The fourth-order valence-corrected chi connectivity index (χ4v) is 3.75. The Labute approximate surface area is 174 Å². The first-order valence-electron chi connectivity index (χ1n) is 8.86. The van der Waals surface area contributed by atoms with Crippen LogP contribution in [0.2, 0.25) is 0 Å². The van der Waals surface area contributed by atoms with E-state index in [0.29, 0.717) is 16.4 Å². The van der Waals surface area contributed by atoms with Gasteiger partial charge in [0, 0.05) is 17.1 Å². The van der Waals surface area contributed by atoms with Gasteiger partial charge in [0.2, 0.25) is 0 Å². The zero-order valence-corrected chi connectivity index (χ0v) is 16.9. The summed E-state index contributed by atoms with van der Waals surface area (Å²) in [4.78, 5) is 23.7. The van der Waals surface area contributed by atoms with Crippen molar-refractivity contribution < 1.29 is 23.1 Å². The number of nitrogens with one attached hydrogen (secondary N) is 2. The molecule has 1 amide bonds. The summed E-state index contributed by atoms with van der Waals surface area (Å²) < 4.78 is 38.1. The lowest BCUT2D eigenvalue weighted by Crippen LogP contribution is -2.48. The second kappa shape index (κ2) is 8.17. The van der Waals surface area contributed by atoms with Gasteiger partial charge in [0.25, 0.3) is 5.91 Å². The zero-order chi connectivity index (χ0) is 22.1. The number of amides is 1. The Bertz CT molecular complexity index is 1020. The highest BCUT2D eigenvalue weighted by atomic mass is 32.1. The van der Waals surface area contributed by atoms with Crippen LogP contribution in [0.4, 0.5) is 13.2 Å². The number of nitrogens with zero attached hydrogens (tertiary/aromatic N) is 2. The number of nitrogens with two attached hydrogens (primary N) is 1. The van der Waals surface area contributed by atoms with Crippen molar-refractivity contribution in [2.75, 3.05) is 0 Å². The number of hydrogen-bond acceptors (Lipinski definition) is 6. The molecule has 160 valence electrons. The smallest absolute Gasteiger partial charge is 0.390 e. The van der Waals surface area contributed by atoms with Crippen molar-refractivity contribution in [1.29, 1.82) is 0 Å². The summed E-state index contributed by atoms with van der Waals surface area (Å²) in [5, 5.41) is 14.3. The predicted molar refractivity (Wildman–Crippen MR) is 106 cm³/mol. The molecule has 0 saturated heterocycles. The summed E-state index contributed by atoms with van der Waals surface area (Å²) in [6.45, 7) is 3.26. The molecule has 0 bridgehead atoms. The zero-order valence-electron chi connectivity index (χ0n) is 16.1. The lowest BCUT2D eigenvalue weighted by molar-refractivity contribution is -0.137. The number of rotatable bonds is 6. The molecule has 3 heterocycles. The Balaban J connectivity index is 1.79. The average molecular weight is 439 g/mol. The number of alkyl halides is 3. The van der Waals surface area contributed by atoms with Crippen LogP contribution in [0.25, 0.3) is 11.4 Å². The van der Waals surface area contributed by atoms with Gasteiger partial charge < -0.3 is 21.1 Å². The molecule has 3 aromatic rings. The van der Waals surface area contributed by atoms with Crippen molar-refractivity contribution in [1.82, 2.24) is 20.3 Å². The average Bonchev–Trinajstić information content (AvgIpc) is 3.34. The van der Waals surface area contributed by atoms with E-state index in [9.17, 15) is 23.1 Å². The molecule has 11 heteroatoms. The van der Waals surface area contributed by atoms with Crippen molar-refractivity contribution in [2.24, 2.45) is 5.73 Å². The molecule has 0 aromatic carbocycles. The monoisotopic (exact) mass is 439 g/mol. The number of hydrogen-bond donors (Lipinski definition) is 4. The minimum Gasteiger partial charge on any atom is -0.390 e. The number of aromatic nitrogens is 3. The summed E-state index contributed by atoms with van der Waals surface area (Å²) in [6, 6.07) is 4.60. The Morgan fingerprint density at radius 2 is 2.03 bits per heavy atom. The van der Waals surface area contributed by atoms with Gasteiger partial charge in [-0.1, -0.05) is 0 Å². The number of carbonyl (C=O) groups is 1. The van der Waals surface area contributed by atoms with Gasteiger partial charge in [0.15, 0.2) is 0 Å². The van der Waals surface area contributed by atoms with Gasteiger partial charge in [-0.3, -0.25) is 9.78 Å². The molecule has 0 aliphatic rings. The van der Waals surface area contributed by atoms with Crippen LogP contribution in [-0.2, 0) is 12.8 Å². The molecule has 30 heavy (non-hydrogen) atoms. The fourth-order valence-electron chi connectivity index (χ4n) is 2.70.